The number of benzene rings is 1. The van der Waals surface area contributed by atoms with Crippen molar-refractivity contribution in [3.05, 3.63) is 54.2 Å². The molecule has 0 spiro atoms. The Kier molecular flexibility index (Phi) is 10.6. The van der Waals surface area contributed by atoms with Crippen molar-refractivity contribution >= 4 is 40.5 Å². The summed E-state index contributed by atoms with van der Waals surface area (Å²) in [6.07, 6.45) is 4.64. The molecule has 4 amide bonds. The Balaban J connectivity index is 1.83. The second-order valence-electron chi connectivity index (χ2n) is 9.95. The number of aliphatic carboxylic acids is 1. The summed E-state index contributed by atoms with van der Waals surface area (Å²) in [4.78, 5) is 73.0. The van der Waals surface area contributed by atoms with Crippen LogP contribution in [0, 0.1) is 5.92 Å². The fraction of sp³-hybridized carbons (Fsp3) is 0.407. The molecule has 14 nitrogen and oxygen atoms in total. The number of aromatic amines is 2. The van der Waals surface area contributed by atoms with E-state index in [9.17, 15) is 29.1 Å². The number of nitrogens with two attached hydrogens (primary N) is 2. The van der Waals surface area contributed by atoms with Gasteiger partial charge in [0, 0.05) is 41.8 Å². The van der Waals surface area contributed by atoms with Crippen molar-refractivity contribution in [2.75, 3.05) is 0 Å². The highest BCUT2D eigenvalue weighted by molar-refractivity contribution is 5.96. The van der Waals surface area contributed by atoms with Gasteiger partial charge in [0.1, 0.15) is 18.1 Å². The lowest BCUT2D eigenvalue weighted by molar-refractivity contribution is -0.144. The summed E-state index contributed by atoms with van der Waals surface area (Å²) >= 11 is 0. The van der Waals surface area contributed by atoms with E-state index in [1.54, 1.807) is 20.0 Å². The molecule has 0 radical (unpaired) electrons. The molecule has 5 unspecified atom stereocenters. The molecular weight excluding hydrogens is 532 g/mol. The summed E-state index contributed by atoms with van der Waals surface area (Å²) in [7, 11) is 0. The van der Waals surface area contributed by atoms with Crippen LogP contribution in [0.4, 0.5) is 0 Å². The molecule has 10 N–H and O–H groups in total. The van der Waals surface area contributed by atoms with Crippen LogP contribution in [0.5, 0.6) is 0 Å². The summed E-state index contributed by atoms with van der Waals surface area (Å²) in [5.41, 5.74) is 13.4. The van der Waals surface area contributed by atoms with Gasteiger partial charge in [0.2, 0.25) is 23.6 Å². The normalized spacial score (nSPS) is 14.8. The summed E-state index contributed by atoms with van der Waals surface area (Å²) in [6, 6.07) is 2.39. The Hall–Kier alpha value is -4.72. The maximum Gasteiger partial charge on any atom is 0.326 e. The highest BCUT2D eigenvalue weighted by Gasteiger charge is 2.33. The fourth-order valence-electron chi connectivity index (χ4n) is 4.35. The number of hydrogen-bond acceptors (Lipinski definition) is 7. The quantitative estimate of drug-likeness (QED) is 0.118. The second kappa shape index (κ2) is 14.1. The summed E-state index contributed by atoms with van der Waals surface area (Å²) < 4.78 is 0. The number of carboxylic acids is 1. The van der Waals surface area contributed by atoms with Gasteiger partial charge in [0.05, 0.1) is 18.8 Å². The van der Waals surface area contributed by atoms with Crippen LogP contribution in [0.25, 0.3) is 10.9 Å². The number of carboxylic acid groups (broad SMARTS) is 1. The molecule has 0 saturated carbocycles. The van der Waals surface area contributed by atoms with Crippen LogP contribution in [0.2, 0.25) is 0 Å². The molecular formula is C27H36N8O6. The predicted octanol–water partition coefficient (Wildman–Crippen LogP) is -0.536. The summed E-state index contributed by atoms with van der Waals surface area (Å²) in [5.74, 6) is -4.79. The molecule has 5 atom stereocenters. The molecule has 3 rings (SSSR count). The van der Waals surface area contributed by atoms with Gasteiger partial charge in [-0.25, -0.2) is 9.78 Å². The second-order valence-corrected chi connectivity index (χ2v) is 9.95. The maximum absolute atomic E-state index is 13.4. The molecule has 220 valence electrons. The van der Waals surface area contributed by atoms with Crippen LogP contribution in [0.15, 0.2) is 43.0 Å². The monoisotopic (exact) mass is 568 g/mol. The van der Waals surface area contributed by atoms with E-state index in [2.05, 4.69) is 30.9 Å². The Bertz CT molecular complexity index is 1370. The zero-order chi connectivity index (χ0) is 30.1. The minimum Gasteiger partial charge on any atom is -0.480 e. The van der Waals surface area contributed by atoms with E-state index < -0.39 is 60.2 Å². The van der Waals surface area contributed by atoms with E-state index in [1.807, 2.05) is 24.3 Å². The van der Waals surface area contributed by atoms with Gasteiger partial charge in [-0.3, -0.25) is 19.2 Å². The zero-order valence-electron chi connectivity index (χ0n) is 22.8. The van der Waals surface area contributed by atoms with Gasteiger partial charge in [0.25, 0.3) is 0 Å². The maximum atomic E-state index is 13.4. The van der Waals surface area contributed by atoms with Crippen molar-refractivity contribution in [3.8, 4) is 0 Å². The van der Waals surface area contributed by atoms with E-state index >= 15 is 0 Å². The number of amides is 4. The highest BCUT2D eigenvalue weighted by Crippen LogP contribution is 2.20. The molecule has 0 aliphatic rings. The molecule has 0 aliphatic carbocycles. The van der Waals surface area contributed by atoms with Crippen molar-refractivity contribution in [1.82, 2.24) is 30.9 Å². The third-order valence-electron chi connectivity index (χ3n) is 6.88. The minimum atomic E-state index is -1.43. The molecule has 0 aliphatic heterocycles. The van der Waals surface area contributed by atoms with Crippen LogP contribution >= 0.6 is 0 Å². The van der Waals surface area contributed by atoms with Gasteiger partial charge in [-0.15, -0.1) is 0 Å². The number of H-pyrrole nitrogens is 2. The number of hydrogen-bond donors (Lipinski definition) is 8. The first-order valence-electron chi connectivity index (χ1n) is 13.2. The smallest absolute Gasteiger partial charge is 0.326 e. The van der Waals surface area contributed by atoms with Crippen LogP contribution in [-0.2, 0) is 36.8 Å². The van der Waals surface area contributed by atoms with E-state index in [0.717, 1.165) is 10.9 Å². The molecule has 14 heteroatoms. The largest absolute Gasteiger partial charge is 0.480 e. The number of aromatic nitrogens is 3. The van der Waals surface area contributed by atoms with Crippen molar-refractivity contribution in [2.24, 2.45) is 17.4 Å². The Labute approximate surface area is 236 Å². The van der Waals surface area contributed by atoms with E-state index in [4.69, 9.17) is 11.5 Å². The Morgan fingerprint density at radius 1 is 0.976 bits per heavy atom. The first-order chi connectivity index (χ1) is 19.5. The summed E-state index contributed by atoms with van der Waals surface area (Å²) in [5, 5.41) is 18.0. The topological polar surface area (TPSA) is 238 Å². The lowest BCUT2D eigenvalue weighted by Gasteiger charge is -2.26. The number of nitrogens with zero attached hydrogens (tertiary/aromatic N) is 1. The van der Waals surface area contributed by atoms with Gasteiger partial charge in [-0.2, -0.15) is 0 Å². The lowest BCUT2D eigenvalue weighted by atomic mass is 9.98. The third-order valence-corrected chi connectivity index (χ3v) is 6.88. The van der Waals surface area contributed by atoms with Crippen molar-refractivity contribution in [1.29, 1.82) is 0 Å². The van der Waals surface area contributed by atoms with Gasteiger partial charge in [-0.1, -0.05) is 38.5 Å². The van der Waals surface area contributed by atoms with Crippen molar-refractivity contribution in [2.45, 2.75) is 63.7 Å². The minimum absolute atomic E-state index is 0.00892. The number of para-hydroxylation sites is 1. The third kappa shape index (κ3) is 8.38. The summed E-state index contributed by atoms with van der Waals surface area (Å²) in [6.45, 7) is 3.49. The molecule has 2 aromatic heterocycles. The SMILES string of the molecule is CCC(C)C(NC(=O)C(Cc1c[nH]c2ccccc12)NC(=O)C(CC(N)=O)NC(=O)C(N)Cc1cnc[nH]1)C(=O)O. The number of carbonyl (C=O) groups is 5. The van der Waals surface area contributed by atoms with E-state index in [-0.39, 0.29) is 18.8 Å². The predicted molar refractivity (Wildman–Crippen MR) is 149 cm³/mol. The average Bonchev–Trinajstić information content (AvgIpc) is 3.60. The molecule has 0 fully saturated rings. The van der Waals surface area contributed by atoms with Crippen molar-refractivity contribution in [3.63, 3.8) is 0 Å². The molecule has 0 saturated heterocycles. The number of nitrogens with one attached hydrogen (secondary N) is 5. The molecule has 2 heterocycles. The van der Waals surface area contributed by atoms with Crippen LogP contribution < -0.4 is 27.4 Å². The zero-order valence-corrected chi connectivity index (χ0v) is 22.8. The Morgan fingerprint density at radius 3 is 2.29 bits per heavy atom. The number of fused-ring (bicyclic) bond motifs is 1. The number of rotatable bonds is 15. The standard InChI is InChI=1S/C27H36N8O6/c1-3-14(2)23(27(40)41)35-26(39)20(8-15-11-31-19-7-5-4-6-17(15)19)34-25(38)21(10-22(29)36)33-24(37)18(28)9-16-12-30-13-32-16/h4-7,11-14,18,20-21,23,31H,3,8-10,28H2,1-2H3,(H2,29,36)(H,30,32)(H,33,37)(H,34,38)(H,35,39)(H,40,41). The molecule has 3 aromatic rings. The van der Waals surface area contributed by atoms with Gasteiger partial charge < -0.3 is 42.5 Å². The van der Waals surface area contributed by atoms with Crippen LogP contribution in [-0.4, -0.2) is 73.8 Å². The number of primary amides is 1. The molecule has 0 bridgehead atoms. The first-order valence-corrected chi connectivity index (χ1v) is 13.2. The van der Waals surface area contributed by atoms with Gasteiger partial charge in [0.15, 0.2) is 0 Å². The lowest BCUT2D eigenvalue weighted by Crippen LogP contribution is -2.58. The molecule has 1 aromatic carbocycles. The first kappa shape index (κ1) is 30.8. The van der Waals surface area contributed by atoms with E-state index in [1.165, 1.54) is 12.5 Å². The Morgan fingerprint density at radius 2 is 1.66 bits per heavy atom. The fourth-order valence-corrected chi connectivity index (χ4v) is 4.35. The number of imidazole rings is 1. The van der Waals surface area contributed by atoms with Crippen LogP contribution in [0.1, 0.15) is 37.9 Å². The van der Waals surface area contributed by atoms with Gasteiger partial charge in [-0.05, 0) is 17.5 Å². The highest BCUT2D eigenvalue weighted by atomic mass is 16.4. The van der Waals surface area contributed by atoms with E-state index in [0.29, 0.717) is 17.7 Å². The van der Waals surface area contributed by atoms with Gasteiger partial charge >= 0.3 is 5.97 Å². The average molecular weight is 569 g/mol. The molecule has 41 heavy (non-hydrogen) atoms. The van der Waals surface area contributed by atoms with Crippen molar-refractivity contribution < 1.29 is 29.1 Å². The van der Waals surface area contributed by atoms with Crippen LogP contribution in [0.3, 0.4) is 0 Å². The number of carbonyl (C=O) groups excluding carboxylic acids is 4.